The molecule has 0 aromatic heterocycles. The summed E-state index contributed by atoms with van der Waals surface area (Å²) < 4.78 is 33.2. The Balaban J connectivity index is 1.40. The third-order valence-electron chi connectivity index (χ3n) is 8.09. The summed E-state index contributed by atoms with van der Waals surface area (Å²) in [5, 5.41) is 0. The molecule has 0 N–H and O–H groups in total. The van der Waals surface area contributed by atoms with E-state index in [1.807, 2.05) is 4.90 Å². The van der Waals surface area contributed by atoms with Crippen LogP contribution in [0, 0.1) is 22.7 Å². The van der Waals surface area contributed by atoms with Gasteiger partial charge in [0.05, 0.1) is 19.0 Å². The van der Waals surface area contributed by atoms with Crippen LogP contribution >= 0.6 is 0 Å². The topological polar surface area (TPSA) is 84.0 Å². The van der Waals surface area contributed by atoms with Crippen molar-refractivity contribution in [2.45, 2.75) is 46.0 Å². The first-order valence-corrected chi connectivity index (χ1v) is 12.2. The predicted molar refractivity (Wildman–Crippen MR) is 104 cm³/mol. The number of nitrogens with zero attached hydrogens (tertiary/aromatic N) is 2. The van der Waals surface area contributed by atoms with E-state index in [9.17, 15) is 18.0 Å². The smallest absolute Gasteiger partial charge is 0.225 e. The van der Waals surface area contributed by atoms with E-state index in [0.717, 1.165) is 6.42 Å². The van der Waals surface area contributed by atoms with Crippen LogP contribution in [0.5, 0.6) is 0 Å². The van der Waals surface area contributed by atoms with Crippen LogP contribution in [-0.4, -0.2) is 74.5 Å². The van der Waals surface area contributed by atoms with Gasteiger partial charge < -0.3 is 9.64 Å². The summed E-state index contributed by atoms with van der Waals surface area (Å²) >= 11 is 0. The number of Topliss-reactive ketones (excluding diaryl/α,β-unsaturated/α-hetero) is 1. The number of ketones is 1. The number of carbonyl (C=O) groups is 2. The molecule has 0 unspecified atom stereocenters. The molecular formula is C20H32N2O5S. The molecule has 4 aliphatic rings. The number of rotatable bonds is 4. The van der Waals surface area contributed by atoms with Gasteiger partial charge in [-0.2, -0.15) is 0 Å². The molecule has 0 radical (unpaired) electrons. The predicted octanol–water partition coefficient (Wildman–Crippen LogP) is 1.28. The largest absolute Gasteiger partial charge is 0.378 e. The molecule has 0 aromatic carbocycles. The molecule has 2 heterocycles. The van der Waals surface area contributed by atoms with Gasteiger partial charge in [0.15, 0.2) is 0 Å². The lowest BCUT2D eigenvalue weighted by molar-refractivity contribution is -0.140. The molecule has 2 aliphatic heterocycles. The number of ether oxygens (including phenoxy) is 1. The van der Waals surface area contributed by atoms with Gasteiger partial charge in [-0.05, 0) is 37.0 Å². The molecular weight excluding hydrogens is 380 g/mol. The third kappa shape index (κ3) is 3.12. The molecule has 2 aliphatic carbocycles. The lowest BCUT2D eigenvalue weighted by Gasteiger charge is -2.39. The Hall–Kier alpha value is -0.990. The monoisotopic (exact) mass is 412 g/mol. The summed E-state index contributed by atoms with van der Waals surface area (Å²) in [7, 11) is -3.52. The van der Waals surface area contributed by atoms with Crippen molar-refractivity contribution in [3.63, 3.8) is 0 Å². The maximum atomic E-state index is 13.2. The van der Waals surface area contributed by atoms with Gasteiger partial charge in [-0.1, -0.05) is 13.8 Å². The number of sulfonamides is 1. The normalized spacial score (nSPS) is 34.1. The molecule has 4 fully saturated rings. The Morgan fingerprint density at radius 2 is 1.75 bits per heavy atom. The Bertz CT molecular complexity index is 751. The SMILES string of the molecule is CC1(C)[C@@H]2CC[C@@]1(CS(=O)(=O)N1CCC(C(=O)N3CCOCC3)CC1)C(=O)C2. The van der Waals surface area contributed by atoms with E-state index in [1.165, 1.54) is 4.31 Å². The summed E-state index contributed by atoms with van der Waals surface area (Å²) in [4.78, 5) is 27.2. The highest BCUT2D eigenvalue weighted by Crippen LogP contribution is 2.64. The van der Waals surface area contributed by atoms with E-state index in [1.54, 1.807) is 0 Å². The molecule has 2 atom stereocenters. The fourth-order valence-electron chi connectivity index (χ4n) is 5.93. The number of hydrogen-bond acceptors (Lipinski definition) is 5. The zero-order chi connectivity index (χ0) is 20.2. The highest BCUT2D eigenvalue weighted by atomic mass is 32.2. The van der Waals surface area contributed by atoms with Gasteiger partial charge in [0, 0.05) is 43.9 Å². The number of carbonyl (C=O) groups excluding carboxylic acids is 2. The van der Waals surface area contributed by atoms with Gasteiger partial charge in [0.1, 0.15) is 5.78 Å². The molecule has 0 aromatic rings. The number of amides is 1. The minimum atomic E-state index is -3.52. The van der Waals surface area contributed by atoms with E-state index in [0.29, 0.717) is 71.0 Å². The molecule has 2 saturated heterocycles. The number of piperidine rings is 1. The van der Waals surface area contributed by atoms with Crippen LogP contribution in [0.25, 0.3) is 0 Å². The van der Waals surface area contributed by atoms with Gasteiger partial charge in [-0.15, -0.1) is 0 Å². The second kappa shape index (κ2) is 7.06. The van der Waals surface area contributed by atoms with Crippen molar-refractivity contribution >= 4 is 21.7 Å². The van der Waals surface area contributed by atoms with E-state index in [4.69, 9.17) is 4.74 Å². The first kappa shape index (κ1) is 20.3. The van der Waals surface area contributed by atoms with Crippen molar-refractivity contribution < 1.29 is 22.7 Å². The van der Waals surface area contributed by atoms with Crippen molar-refractivity contribution in [1.82, 2.24) is 9.21 Å². The van der Waals surface area contributed by atoms with Crippen molar-refractivity contribution in [2.24, 2.45) is 22.7 Å². The van der Waals surface area contributed by atoms with Crippen molar-refractivity contribution in [2.75, 3.05) is 45.1 Å². The van der Waals surface area contributed by atoms with E-state index >= 15 is 0 Å². The second-order valence-corrected chi connectivity index (χ2v) is 11.5. The Morgan fingerprint density at radius 1 is 1.11 bits per heavy atom. The van der Waals surface area contributed by atoms with Gasteiger partial charge in [0.2, 0.25) is 15.9 Å². The van der Waals surface area contributed by atoms with Crippen LogP contribution in [0.2, 0.25) is 0 Å². The average Bonchev–Trinajstić information content (AvgIpc) is 3.02. The molecule has 7 nitrogen and oxygen atoms in total. The molecule has 1 amide bonds. The number of morpholine rings is 1. The quantitative estimate of drug-likeness (QED) is 0.695. The zero-order valence-corrected chi connectivity index (χ0v) is 17.8. The second-order valence-electron chi connectivity index (χ2n) is 9.53. The van der Waals surface area contributed by atoms with Gasteiger partial charge in [0.25, 0.3) is 0 Å². The van der Waals surface area contributed by atoms with Crippen LogP contribution in [-0.2, 0) is 24.3 Å². The fourth-order valence-corrected chi connectivity index (χ4v) is 8.18. The third-order valence-corrected chi connectivity index (χ3v) is 10.1. The van der Waals surface area contributed by atoms with E-state index in [2.05, 4.69) is 13.8 Å². The molecule has 4 rings (SSSR count). The maximum Gasteiger partial charge on any atom is 0.225 e. The van der Waals surface area contributed by atoms with Crippen LogP contribution in [0.3, 0.4) is 0 Å². The highest BCUT2D eigenvalue weighted by Gasteiger charge is 2.65. The number of fused-ring (bicyclic) bond motifs is 2. The molecule has 2 saturated carbocycles. The van der Waals surface area contributed by atoms with Crippen LogP contribution < -0.4 is 0 Å². The molecule has 2 bridgehead atoms. The van der Waals surface area contributed by atoms with E-state index in [-0.39, 0.29) is 28.8 Å². The Labute approximate surface area is 167 Å². The minimum absolute atomic E-state index is 0.0651. The number of hydrogen-bond donors (Lipinski definition) is 0. The fraction of sp³-hybridized carbons (Fsp3) is 0.900. The average molecular weight is 413 g/mol. The van der Waals surface area contributed by atoms with Crippen molar-refractivity contribution in [3.8, 4) is 0 Å². The first-order chi connectivity index (χ1) is 13.2. The van der Waals surface area contributed by atoms with Crippen molar-refractivity contribution in [3.05, 3.63) is 0 Å². The molecule has 28 heavy (non-hydrogen) atoms. The lowest BCUT2D eigenvalue weighted by atomic mass is 9.70. The molecule has 0 spiro atoms. The van der Waals surface area contributed by atoms with Crippen LogP contribution in [0.4, 0.5) is 0 Å². The van der Waals surface area contributed by atoms with Crippen LogP contribution in [0.15, 0.2) is 0 Å². The summed E-state index contributed by atoms with van der Waals surface area (Å²) in [5.74, 6) is 0.402. The highest BCUT2D eigenvalue weighted by molar-refractivity contribution is 7.89. The molecule has 8 heteroatoms. The summed E-state index contributed by atoms with van der Waals surface area (Å²) in [6, 6.07) is 0. The van der Waals surface area contributed by atoms with Gasteiger partial charge in [-0.3, -0.25) is 9.59 Å². The summed E-state index contributed by atoms with van der Waals surface area (Å²) in [6.07, 6.45) is 3.28. The minimum Gasteiger partial charge on any atom is -0.378 e. The van der Waals surface area contributed by atoms with Crippen molar-refractivity contribution in [1.29, 1.82) is 0 Å². The summed E-state index contributed by atoms with van der Waals surface area (Å²) in [5.41, 5.74) is -0.973. The van der Waals surface area contributed by atoms with Gasteiger partial charge >= 0.3 is 0 Å². The standard InChI is InChI=1S/C20H32N2O5S/c1-19(2)16-3-6-20(19,17(23)13-16)14-28(25,26)22-7-4-15(5-8-22)18(24)21-9-11-27-12-10-21/h15-16H,3-14H2,1-2H3/t16-,20-/m1/s1. The maximum absolute atomic E-state index is 13.2. The Morgan fingerprint density at radius 3 is 2.29 bits per heavy atom. The van der Waals surface area contributed by atoms with Crippen LogP contribution in [0.1, 0.15) is 46.0 Å². The zero-order valence-electron chi connectivity index (χ0n) is 17.0. The Kier molecular flexibility index (Phi) is 5.11. The summed E-state index contributed by atoms with van der Waals surface area (Å²) in [6.45, 7) is 7.28. The lowest BCUT2D eigenvalue weighted by Crippen LogP contribution is -2.50. The first-order valence-electron chi connectivity index (χ1n) is 10.5. The van der Waals surface area contributed by atoms with Gasteiger partial charge in [-0.25, -0.2) is 12.7 Å². The molecule has 158 valence electrons. The van der Waals surface area contributed by atoms with E-state index < -0.39 is 15.4 Å².